The molecule has 25 heavy (non-hydrogen) atoms. The molecule has 3 rings (SSSR count). The second kappa shape index (κ2) is 8.16. The number of piperidine rings is 1. The fourth-order valence-electron chi connectivity index (χ4n) is 3.96. The van der Waals surface area contributed by atoms with Gasteiger partial charge in [-0.05, 0) is 51.1 Å². The Labute approximate surface area is 150 Å². The minimum absolute atomic E-state index is 0.0528. The summed E-state index contributed by atoms with van der Waals surface area (Å²) in [5.41, 5.74) is 1.19. The minimum atomic E-state index is -3.19. The fourth-order valence-corrected chi connectivity index (χ4v) is 4.79. The van der Waals surface area contributed by atoms with Crippen LogP contribution in [0.1, 0.15) is 50.1 Å². The van der Waals surface area contributed by atoms with E-state index in [9.17, 15) is 8.42 Å². The van der Waals surface area contributed by atoms with Gasteiger partial charge in [0, 0.05) is 31.2 Å². The van der Waals surface area contributed by atoms with Gasteiger partial charge in [-0.3, -0.25) is 4.68 Å². The largest absolute Gasteiger partial charge is 0.377 e. The highest BCUT2D eigenvalue weighted by Crippen LogP contribution is 2.33. The lowest BCUT2D eigenvalue weighted by Gasteiger charge is -2.34. The average molecular weight is 371 g/mol. The quantitative estimate of drug-likeness (QED) is 0.784. The van der Waals surface area contributed by atoms with Crippen LogP contribution >= 0.6 is 0 Å². The van der Waals surface area contributed by atoms with Crippen molar-refractivity contribution in [3.63, 3.8) is 0 Å². The second-order valence-electron chi connectivity index (χ2n) is 7.42. The molecule has 7 nitrogen and oxygen atoms in total. The first kappa shape index (κ1) is 18.8. The summed E-state index contributed by atoms with van der Waals surface area (Å²) in [4.78, 5) is 0. The van der Waals surface area contributed by atoms with Crippen LogP contribution in [0.4, 0.5) is 0 Å². The Morgan fingerprint density at radius 2 is 2.08 bits per heavy atom. The summed E-state index contributed by atoms with van der Waals surface area (Å²) in [6.45, 7) is 1.48. The van der Waals surface area contributed by atoms with Gasteiger partial charge in [0.2, 0.25) is 10.0 Å². The molecule has 2 atom stereocenters. The molecule has 1 aliphatic heterocycles. The fraction of sp³-hybridized carbons (Fsp3) is 0.824. The van der Waals surface area contributed by atoms with E-state index in [1.165, 1.54) is 11.9 Å². The Morgan fingerprint density at radius 3 is 2.72 bits per heavy atom. The molecule has 142 valence electrons. The molecule has 1 aromatic heterocycles. The van der Waals surface area contributed by atoms with Crippen molar-refractivity contribution >= 4 is 10.0 Å². The van der Waals surface area contributed by atoms with Crippen LogP contribution in [0.3, 0.4) is 0 Å². The van der Waals surface area contributed by atoms with E-state index in [0.29, 0.717) is 12.5 Å². The van der Waals surface area contributed by atoms with Gasteiger partial charge in [-0.1, -0.05) is 0 Å². The molecule has 2 N–H and O–H groups in total. The van der Waals surface area contributed by atoms with Crippen LogP contribution in [-0.2, 0) is 21.8 Å². The minimum Gasteiger partial charge on any atom is -0.377 e. The van der Waals surface area contributed by atoms with Gasteiger partial charge >= 0.3 is 0 Å². The summed E-state index contributed by atoms with van der Waals surface area (Å²) in [5, 5.41) is 7.93. The van der Waals surface area contributed by atoms with Crippen molar-refractivity contribution in [1.29, 1.82) is 0 Å². The zero-order chi connectivity index (χ0) is 17.9. The highest BCUT2D eigenvalue weighted by atomic mass is 32.2. The Kier molecular flexibility index (Phi) is 6.14. The van der Waals surface area contributed by atoms with Crippen molar-refractivity contribution in [2.24, 2.45) is 7.05 Å². The Hall–Kier alpha value is -0.960. The molecule has 0 bridgehead atoms. The van der Waals surface area contributed by atoms with Crippen LogP contribution in [0.2, 0.25) is 0 Å². The van der Waals surface area contributed by atoms with E-state index in [4.69, 9.17) is 4.74 Å². The van der Waals surface area contributed by atoms with Crippen LogP contribution in [0.15, 0.2) is 12.3 Å². The summed E-state index contributed by atoms with van der Waals surface area (Å²) in [7, 11) is -1.24. The zero-order valence-electron chi connectivity index (χ0n) is 15.1. The van der Waals surface area contributed by atoms with Gasteiger partial charge in [-0.25, -0.2) is 13.1 Å². The van der Waals surface area contributed by atoms with Crippen LogP contribution in [0.25, 0.3) is 0 Å². The number of nitrogens with one attached hydrogen (secondary N) is 2. The predicted octanol–water partition coefficient (Wildman–Crippen LogP) is 1.13. The molecule has 2 heterocycles. The van der Waals surface area contributed by atoms with Crippen molar-refractivity contribution in [2.45, 2.75) is 62.6 Å². The average Bonchev–Trinajstić information content (AvgIpc) is 3.00. The number of nitrogens with zero attached hydrogens (tertiary/aromatic N) is 2. The highest BCUT2D eigenvalue weighted by Gasteiger charge is 2.29. The van der Waals surface area contributed by atoms with Gasteiger partial charge < -0.3 is 10.1 Å². The van der Waals surface area contributed by atoms with Gasteiger partial charge in [0.1, 0.15) is 0 Å². The van der Waals surface area contributed by atoms with E-state index < -0.39 is 10.0 Å². The smallest absolute Gasteiger partial charge is 0.209 e. The number of aryl methyl sites for hydroxylation is 1. The molecule has 2 fully saturated rings. The number of rotatable bonds is 6. The maximum atomic E-state index is 11.5. The van der Waals surface area contributed by atoms with Crippen LogP contribution < -0.4 is 10.0 Å². The first-order valence-corrected chi connectivity index (χ1v) is 11.1. The molecule has 0 radical (unpaired) electrons. The monoisotopic (exact) mass is 370 g/mol. The summed E-state index contributed by atoms with van der Waals surface area (Å²) in [6, 6.07) is 2.09. The summed E-state index contributed by atoms with van der Waals surface area (Å²) in [5.74, 6) is 0.536. The summed E-state index contributed by atoms with van der Waals surface area (Å²) in [6.07, 6.45) is 9.62. The molecule has 1 saturated heterocycles. The Balaban J connectivity index is 1.45. The maximum absolute atomic E-state index is 11.5. The van der Waals surface area contributed by atoms with Crippen molar-refractivity contribution in [1.82, 2.24) is 19.8 Å². The molecule has 2 unspecified atom stereocenters. The van der Waals surface area contributed by atoms with E-state index in [1.807, 2.05) is 17.9 Å². The third kappa shape index (κ3) is 5.51. The SMILES string of the molecule is Cn1ccc(C2CCC(OCC3NCCCC3NS(C)(=O)=O)CC2)n1. The molecule has 0 aromatic carbocycles. The summed E-state index contributed by atoms with van der Waals surface area (Å²) < 4.78 is 33.8. The van der Waals surface area contributed by atoms with Crippen LogP contribution in [0, 0.1) is 0 Å². The molecule has 0 amide bonds. The summed E-state index contributed by atoms with van der Waals surface area (Å²) >= 11 is 0. The molecule has 1 aliphatic carbocycles. The van der Waals surface area contributed by atoms with Crippen molar-refractivity contribution in [3.05, 3.63) is 18.0 Å². The van der Waals surface area contributed by atoms with Crippen LogP contribution in [-0.4, -0.2) is 55.8 Å². The molecule has 0 spiro atoms. The first-order chi connectivity index (χ1) is 11.9. The number of ether oxygens (including phenoxy) is 1. The molecular weight excluding hydrogens is 340 g/mol. The number of hydrogen-bond acceptors (Lipinski definition) is 5. The van der Waals surface area contributed by atoms with E-state index in [2.05, 4.69) is 21.2 Å². The highest BCUT2D eigenvalue weighted by molar-refractivity contribution is 7.88. The van der Waals surface area contributed by atoms with Gasteiger partial charge in [0.25, 0.3) is 0 Å². The first-order valence-electron chi connectivity index (χ1n) is 9.22. The van der Waals surface area contributed by atoms with E-state index in [0.717, 1.165) is 45.1 Å². The van der Waals surface area contributed by atoms with E-state index >= 15 is 0 Å². The van der Waals surface area contributed by atoms with Crippen molar-refractivity contribution in [3.8, 4) is 0 Å². The Morgan fingerprint density at radius 1 is 1.32 bits per heavy atom. The van der Waals surface area contributed by atoms with Crippen molar-refractivity contribution < 1.29 is 13.2 Å². The molecule has 2 aliphatic rings. The van der Waals surface area contributed by atoms with Gasteiger partial charge in [-0.2, -0.15) is 5.10 Å². The lowest BCUT2D eigenvalue weighted by atomic mass is 9.85. The third-order valence-electron chi connectivity index (χ3n) is 5.29. The normalized spacial score (nSPS) is 31.1. The van der Waals surface area contributed by atoms with E-state index in [1.54, 1.807) is 0 Å². The molecular formula is C17H30N4O3S. The van der Waals surface area contributed by atoms with Crippen LogP contribution in [0.5, 0.6) is 0 Å². The number of aromatic nitrogens is 2. The molecule has 1 aromatic rings. The Bertz CT molecular complexity index is 653. The lowest BCUT2D eigenvalue weighted by Crippen LogP contribution is -2.55. The zero-order valence-corrected chi connectivity index (χ0v) is 16.0. The molecule has 8 heteroatoms. The lowest BCUT2D eigenvalue weighted by molar-refractivity contribution is 0.00502. The second-order valence-corrected chi connectivity index (χ2v) is 9.20. The number of sulfonamides is 1. The topological polar surface area (TPSA) is 85.2 Å². The van der Waals surface area contributed by atoms with Gasteiger partial charge in [-0.15, -0.1) is 0 Å². The predicted molar refractivity (Wildman–Crippen MR) is 96.9 cm³/mol. The van der Waals surface area contributed by atoms with Gasteiger partial charge in [0.05, 0.1) is 24.7 Å². The van der Waals surface area contributed by atoms with Crippen molar-refractivity contribution in [2.75, 3.05) is 19.4 Å². The number of hydrogen-bond donors (Lipinski definition) is 2. The molecule has 1 saturated carbocycles. The maximum Gasteiger partial charge on any atom is 0.209 e. The van der Waals surface area contributed by atoms with E-state index in [-0.39, 0.29) is 18.2 Å². The third-order valence-corrected chi connectivity index (χ3v) is 6.02. The standard InChI is InChI=1S/C17H30N4O3S/c1-21-11-9-15(19-21)13-5-7-14(8-6-13)24-12-17-16(4-3-10-18-17)20-25(2,22)23/h9,11,13-14,16-18,20H,3-8,10,12H2,1-2H3. The van der Waals surface area contributed by atoms with Gasteiger partial charge in [0.15, 0.2) is 0 Å².